The van der Waals surface area contributed by atoms with Gasteiger partial charge >= 0.3 is 0 Å². The summed E-state index contributed by atoms with van der Waals surface area (Å²) in [7, 11) is 0. The first-order valence-corrected chi connectivity index (χ1v) is 10.4. The number of carbonyl (C=O) groups is 1. The zero-order chi connectivity index (χ0) is 20.8. The molecule has 0 bridgehead atoms. The van der Waals surface area contributed by atoms with E-state index in [0.717, 1.165) is 0 Å². The molecule has 2 aromatic heterocycles. The lowest BCUT2D eigenvalue weighted by molar-refractivity contribution is -0.113. The summed E-state index contributed by atoms with van der Waals surface area (Å²) in [6.07, 6.45) is 0.815. The molecule has 3 aromatic rings. The third-order valence-corrected chi connectivity index (χ3v) is 5.01. The molecule has 1 amide bonds. The molecule has 1 N–H and O–H groups in total. The zero-order valence-corrected chi connectivity index (χ0v) is 17.5. The van der Waals surface area contributed by atoms with E-state index in [-0.39, 0.29) is 23.3 Å². The molecule has 154 valence electrons. The van der Waals surface area contributed by atoms with E-state index in [1.54, 1.807) is 29.7 Å². The molecule has 29 heavy (non-hydrogen) atoms. The van der Waals surface area contributed by atoms with Gasteiger partial charge in [-0.25, -0.2) is 4.98 Å². The minimum absolute atomic E-state index is 0.0964. The molecule has 1 aromatic carbocycles. The molecule has 0 atom stereocenters. The molecule has 3 rings (SSSR count). The van der Waals surface area contributed by atoms with Crippen molar-refractivity contribution >= 4 is 34.4 Å². The van der Waals surface area contributed by atoms with Gasteiger partial charge in [-0.2, -0.15) is 0 Å². The number of hydrogen-bond donors (Lipinski definition) is 1. The second-order valence-corrected chi connectivity index (χ2v) is 7.74. The normalized spacial score (nSPS) is 11.3. The van der Waals surface area contributed by atoms with Gasteiger partial charge in [0.05, 0.1) is 22.8 Å². The number of thioether (sulfide) groups is 1. The molecule has 9 heteroatoms. The van der Waals surface area contributed by atoms with Gasteiger partial charge in [0.2, 0.25) is 5.91 Å². The maximum absolute atomic E-state index is 13.0. The van der Waals surface area contributed by atoms with Crippen molar-refractivity contribution in [3.63, 3.8) is 0 Å². The fourth-order valence-electron chi connectivity index (χ4n) is 2.73. The number of carbonyl (C=O) groups excluding carboxylic acids is 1. The summed E-state index contributed by atoms with van der Waals surface area (Å²) in [5.41, 5.74) is 0.498. The van der Waals surface area contributed by atoms with Crippen LogP contribution in [0.15, 0.2) is 44.8 Å². The topological polar surface area (TPSA) is 99.2 Å². The van der Waals surface area contributed by atoms with Gasteiger partial charge in [0, 0.05) is 19.2 Å². The molecular formula is C20H24N4O4S. The lowest BCUT2D eigenvalue weighted by Gasteiger charge is -2.13. The van der Waals surface area contributed by atoms with Crippen molar-refractivity contribution in [2.24, 2.45) is 0 Å². The van der Waals surface area contributed by atoms with E-state index < -0.39 is 0 Å². The Morgan fingerprint density at radius 1 is 1.34 bits per heavy atom. The van der Waals surface area contributed by atoms with Crippen LogP contribution in [0.25, 0.3) is 10.9 Å². The zero-order valence-electron chi connectivity index (χ0n) is 16.7. The number of anilines is 1. The summed E-state index contributed by atoms with van der Waals surface area (Å²) in [6.45, 7) is 6.71. The maximum Gasteiger partial charge on any atom is 0.262 e. The van der Waals surface area contributed by atoms with Crippen LogP contribution in [0, 0.1) is 6.92 Å². The van der Waals surface area contributed by atoms with E-state index in [0.29, 0.717) is 47.2 Å². The molecular weight excluding hydrogens is 392 g/mol. The van der Waals surface area contributed by atoms with Crippen molar-refractivity contribution in [3.8, 4) is 0 Å². The van der Waals surface area contributed by atoms with Crippen LogP contribution in [0.5, 0.6) is 0 Å². The van der Waals surface area contributed by atoms with Crippen LogP contribution in [0.4, 0.5) is 5.82 Å². The number of benzene rings is 1. The summed E-state index contributed by atoms with van der Waals surface area (Å²) < 4.78 is 12.1. The Balaban J connectivity index is 1.76. The van der Waals surface area contributed by atoms with Crippen molar-refractivity contribution in [1.29, 1.82) is 0 Å². The standard InChI is InChI=1S/C20H24N4O4S/c1-13(2)27-10-6-9-24-19(26)15-7-4-5-8-16(15)21-20(24)29-12-18(25)22-17-11-14(3)28-23-17/h4-5,7-8,11,13H,6,9-10,12H2,1-3H3,(H,22,23,25). The monoisotopic (exact) mass is 416 g/mol. The van der Waals surface area contributed by atoms with Crippen LogP contribution in [0.1, 0.15) is 26.0 Å². The van der Waals surface area contributed by atoms with E-state index in [9.17, 15) is 9.59 Å². The van der Waals surface area contributed by atoms with Crippen molar-refractivity contribution in [1.82, 2.24) is 14.7 Å². The van der Waals surface area contributed by atoms with Gasteiger partial charge in [-0.1, -0.05) is 29.1 Å². The summed E-state index contributed by atoms with van der Waals surface area (Å²) >= 11 is 1.22. The van der Waals surface area contributed by atoms with Gasteiger partial charge < -0.3 is 14.6 Å². The molecule has 8 nitrogen and oxygen atoms in total. The predicted octanol–water partition coefficient (Wildman–Crippen LogP) is 3.24. The average Bonchev–Trinajstić information content (AvgIpc) is 3.09. The number of nitrogens with zero attached hydrogens (tertiary/aromatic N) is 3. The Morgan fingerprint density at radius 3 is 2.86 bits per heavy atom. The number of hydrogen-bond acceptors (Lipinski definition) is 7. The van der Waals surface area contributed by atoms with Crippen LogP contribution in [-0.2, 0) is 16.1 Å². The van der Waals surface area contributed by atoms with Crippen LogP contribution < -0.4 is 10.9 Å². The number of amides is 1. The van der Waals surface area contributed by atoms with Gasteiger partial charge in [0.15, 0.2) is 11.0 Å². The van der Waals surface area contributed by atoms with E-state index in [2.05, 4.69) is 15.5 Å². The molecule has 0 saturated heterocycles. The molecule has 0 aliphatic carbocycles. The lowest BCUT2D eigenvalue weighted by atomic mass is 10.2. The summed E-state index contributed by atoms with van der Waals surface area (Å²) in [4.78, 5) is 29.8. The fourth-order valence-corrected chi connectivity index (χ4v) is 3.56. The van der Waals surface area contributed by atoms with Gasteiger partial charge in [0.1, 0.15) is 5.76 Å². The first-order valence-electron chi connectivity index (χ1n) is 9.41. The molecule has 0 fully saturated rings. The summed E-state index contributed by atoms with van der Waals surface area (Å²) in [6, 6.07) is 8.86. The molecule has 0 radical (unpaired) electrons. The second kappa shape index (κ2) is 9.71. The number of fused-ring (bicyclic) bond motifs is 1. The van der Waals surface area contributed by atoms with E-state index >= 15 is 0 Å². The highest BCUT2D eigenvalue weighted by molar-refractivity contribution is 7.99. The first kappa shape index (κ1) is 21.1. The highest BCUT2D eigenvalue weighted by atomic mass is 32.2. The Morgan fingerprint density at radius 2 is 2.14 bits per heavy atom. The number of aromatic nitrogens is 3. The average molecular weight is 417 g/mol. The van der Waals surface area contributed by atoms with Crippen molar-refractivity contribution in [2.45, 2.75) is 45.0 Å². The number of para-hydroxylation sites is 1. The largest absolute Gasteiger partial charge is 0.379 e. The van der Waals surface area contributed by atoms with Crippen LogP contribution in [-0.4, -0.2) is 39.1 Å². The highest BCUT2D eigenvalue weighted by Crippen LogP contribution is 2.19. The molecule has 0 aliphatic rings. The Kier molecular flexibility index (Phi) is 7.05. The van der Waals surface area contributed by atoms with Crippen molar-refractivity contribution in [2.75, 3.05) is 17.7 Å². The molecule has 2 heterocycles. The second-order valence-electron chi connectivity index (χ2n) is 6.80. The summed E-state index contributed by atoms with van der Waals surface area (Å²) in [5, 5.41) is 7.48. The Labute approximate surface area is 172 Å². The maximum atomic E-state index is 13.0. The third kappa shape index (κ3) is 5.68. The van der Waals surface area contributed by atoms with Crippen molar-refractivity contribution in [3.05, 3.63) is 46.4 Å². The Bertz CT molecular complexity index is 1040. The van der Waals surface area contributed by atoms with Crippen molar-refractivity contribution < 1.29 is 14.1 Å². The highest BCUT2D eigenvalue weighted by Gasteiger charge is 2.14. The lowest BCUT2D eigenvalue weighted by Crippen LogP contribution is -2.25. The number of ether oxygens (including phenoxy) is 1. The number of nitrogens with one attached hydrogen (secondary N) is 1. The van der Waals surface area contributed by atoms with Gasteiger partial charge in [-0.05, 0) is 39.3 Å². The van der Waals surface area contributed by atoms with Gasteiger partial charge in [-0.15, -0.1) is 0 Å². The van der Waals surface area contributed by atoms with Crippen LogP contribution in [0.2, 0.25) is 0 Å². The van der Waals surface area contributed by atoms with Crippen LogP contribution >= 0.6 is 11.8 Å². The van der Waals surface area contributed by atoms with Gasteiger partial charge in [0.25, 0.3) is 5.56 Å². The smallest absolute Gasteiger partial charge is 0.262 e. The fraction of sp³-hybridized carbons (Fsp3) is 0.400. The SMILES string of the molecule is Cc1cc(NC(=O)CSc2nc3ccccc3c(=O)n2CCCOC(C)C)no1. The molecule has 0 aliphatic heterocycles. The quantitative estimate of drug-likeness (QED) is 0.325. The van der Waals surface area contributed by atoms with Gasteiger partial charge in [-0.3, -0.25) is 14.2 Å². The first-order chi connectivity index (χ1) is 13.9. The Hall–Kier alpha value is -2.65. The molecule has 0 unspecified atom stereocenters. The predicted molar refractivity (Wildman–Crippen MR) is 112 cm³/mol. The minimum atomic E-state index is -0.250. The van der Waals surface area contributed by atoms with E-state index in [1.807, 2.05) is 26.0 Å². The number of aryl methyl sites for hydroxylation is 1. The molecule has 0 saturated carbocycles. The third-order valence-electron chi connectivity index (χ3n) is 4.03. The minimum Gasteiger partial charge on any atom is -0.379 e. The van der Waals surface area contributed by atoms with E-state index in [4.69, 9.17) is 9.26 Å². The van der Waals surface area contributed by atoms with E-state index in [1.165, 1.54) is 11.8 Å². The molecule has 0 spiro atoms. The number of rotatable bonds is 9. The van der Waals surface area contributed by atoms with Crippen LogP contribution in [0.3, 0.4) is 0 Å². The summed E-state index contributed by atoms with van der Waals surface area (Å²) in [5.74, 6) is 0.823.